The van der Waals surface area contributed by atoms with Crippen molar-refractivity contribution in [2.24, 2.45) is 12.8 Å². The molecular weight excluding hydrogens is 178 g/mol. The first kappa shape index (κ1) is 9.02. The van der Waals surface area contributed by atoms with Gasteiger partial charge in [-0.1, -0.05) is 0 Å². The van der Waals surface area contributed by atoms with Crippen LogP contribution in [0.5, 0.6) is 0 Å². The monoisotopic (exact) mass is 191 g/mol. The van der Waals surface area contributed by atoms with Crippen molar-refractivity contribution < 1.29 is 4.42 Å². The summed E-state index contributed by atoms with van der Waals surface area (Å²) in [5.41, 5.74) is 7.35. The molecule has 0 atom stereocenters. The summed E-state index contributed by atoms with van der Waals surface area (Å²) in [5, 5.41) is 0. The van der Waals surface area contributed by atoms with Gasteiger partial charge in [-0.15, -0.1) is 0 Å². The molecule has 0 aliphatic carbocycles. The molecule has 74 valence electrons. The second-order valence-corrected chi connectivity index (χ2v) is 3.23. The molecule has 14 heavy (non-hydrogen) atoms. The second kappa shape index (κ2) is 3.67. The largest absolute Gasteiger partial charge is 0.448 e. The topological polar surface area (TPSA) is 57.0 Å². The van der Waals surface area contributed by atoms with Crippen molar-refractivity contribution in [2.75, 3.05) is 6.54 Å². The molecule has 2 rings (SSSR count). The minimum absolute atomic E-state index is 0.564. The van der Waals surface area contributed by atoms with Gasteiger partial charge in [0.2, 0.25) is 0 Å². The Hall–Kier alpha value is -1.55. The molecule has 0 bridgehead atoms. The minimum atomic E-state index is 0.564. The van der Waals surface area contributed by atoms with E-state index in [0.29, 0.717) is 18.9 Å². The summed E-state index contributed by atoms with van der Waals surface area (Å²) in [6.07, 6.45) is 6.34. The molecule has 0 amide bonds. The minimum Gasteiger partial charge on any atom is -0.448 e. The smallest absolute Gasteiger partial charge is 0.195 e. The van der Waals surface area contributed by atoms with Crippen molar-refractivity contribution >= 4 is 0 Å². The molecule has 2 heterocycles. The van der Waals surface area contributed by atoms with E-state index in [2.05, 4.69) is 4.98 Å². The molecule has 0 aliphatic heterocycles. The van der Waals surface area contributed by atoms with Crippen molar-refractivity contribution in [1.29, 1.82) is 0 Å². The maximum absolute atomic E-state index is 5.41. The van der Waals surface area contributed by atoms with Gasteiger partial charge in [0.1, 0.15) is 12.0 Å². The Kier molecular flexibility index (Phi) is 2.37. The number of oxazole rings is 1. The zero-order valence-corrected chi connectivity index (χ0v) is 8.10. The molecule has 2 aromatic heterocycles. The maximum atomic E-state index is 5.41. The van der Waals surface area contributed by atoms with Crippen LogP contribution < -0.4 is 5.73 Å². The van der Waals surface area contributed by atoms with Gasteiger partial charge in [0.25, 0.3) is 0 Å². The van der Waals surface area contributed by atoms with E-state index >= 15 is 0 Å². The van der Waals surface area contributed by atoms with Crippen molar-refractivity contribution in [3.63, 3.8) is 0 Å². The second-order valence-electron chi connectivity index (χ2n) is 3.23. The Morgan fingerprint density at radius 2 is 2.43 bits per heavy atom. The quantitative estimate of drug-likeness (QED) is 0.792. The van der Waals surface area contributed by atoms with Gasteiger partial charge in [0.05, 0.1) is 0 Å². The lowest BCUT2D eigenvalue weighted by Crippen LogP contribution is -2.02. The van der Waals surface area contributed by atoms with E-state index in [1.807, 2.05) is 30.1 Å². The molecule has 0 spiro atoms. The number of nitrogens with two attached hydrogens (primary N) is 1. The third-order valence-electron chi connectivity index (χ3n) is 2.04. The van der Waals surface area contributed by atoms with E-state index < -0.39 is 0 Å². The Balaban J connectivity index is 2.24. The number of nitrogens with zero attached hydrogens (tertiary/aromatic N) is 2. The summed E-state index contributed by atoms with van der Waals surface area (Å²) in [7, 11) is 1.98. The summed E-state index contributed by atoms with van der Waals surface area (Å²) >= 11 is 0. The molecule has 0 unspecified atom stereocenters. The van der Waals surface area contributed by atoms with Gasteiger partial charge in [0.15, 0.2) is 5.89 Å². The lowest BCUT2D eigenvalue weighted by Gasteiger charge is -1.88. The molecule has 0 fully saturated rings. The van der Waals surface area contributed by atoms with Crippen LogP contribution in [-0.4, -0.2) is 16.1 Å². The number of aryl methyl sites for hydroxylation is 1. The fraction of sp³-hybridized carbons (Fsp3) is 0.300. The molecule has 0 aromatic carbocycles. The van der Waals surface area contributed by atoms with Crippen LogP contribution in [0.2, 0.25) is 0 Å². The molecule has 0 saturated carbocycles. The predicted octanol–water partition coefficient (Wildman–Crippen LogP) is 1.18. The summed E-state index contributed by atoms with van der Waals surface area (Å²) in [6.45, 7) is 0.564. The van der Waals surface area contributed by atoms with E-state index in [0.717, 1.165) is 11.3 Å². The summed E-state index contributed by atoms with van der Waals surface area (Å²) in [4.78, 5) is 4.32. The fourth-order valence-electron chi connectivity index (χ4n) is 1.34. The number of hydrogen-bond acceptors (Lipinski definition) is 3. The molecule has 4 heteroatoms. The summed E-state index contributed by atoms with van der Waals surface area (Å²) < 4.78 is 7.25. The normalized spacial score (nSPS) is 10.7. The average molecular weight is 191 g/mol. The molecule has 0 aliphatic rings. The van der Waals surface area contributed by atoms with Gasteiger partial charge in [-0.3, -0.25) is 0 Å². The highest BCUT2D eigenvalue weighted by Crippen LogP contribution is 2.18. The lowest BCUT2D eigenvalue weighted by molar-refractivity contribution is 0.496. The van der Waals surface area contributed by atoms with Crippen LogP contribution in [0.25, 0.3) is 11.3 Å². The molecular formula is C10H13N3O. The Morgan fingerprint density at radius 1 is 1.57 bits per heavy atom. The van der Waals surface area contributed by atoms with Gasteiger partial charge in [-0.05, 0) is 6.07 Å². The Labute approximate surface area is 82.4 Å². The van der Waals surface area contributed by atoms with Crippen LogP contribution in [0.15, 0.2) is 29.1 Å². The van der Waals surface area contributed by atoms with Crippen LogP contribution in [0.4, 0.5) is 0 Å². The van der Waals surface area contributed by atoms with Gasteiger partial charge in [-0.25, -0.2) is 4.98 Å². The van der Waals surface area contributed by atoms with E-state index in [4.69, 9.17) is 10.2 Å². The van der Waals surface area contributed by atoms with Gasteiger partial charge in [-0.2, -0.15) is 0 Å². The van der Waals surface area contributed by atoms with Gasteiger partial charge >= 0.3 is 0 Å². The highest BCUT2D eigenvalue weighted by atomic mass is 16.3. The highest BCUT2D eigenvalue weighted by Gasteiger charge is 2.05. The van der Waals surface area contributed by atoms with Crippen LogP contribution >= 0.6 is 0 Å². The number of aromatic nitrogens is 2. The highest BCUT2D eigenvalue weighted by molar-refractivity contribution is 5.56. The summed E-state index contributed by atoms with van der Waals surface area (Å²) in [6, 6.07) is 2.00. The molecule has 2 N–H and O–H groups in total. The SMILES string of the molecule is Cn1ccc(-c2coc(CCN)n2)c1. The maximum Gasteiger partial charge on any atom is 0.195 e. The number of rotatable bonds is 3. The van der Waals surface area contributed by atoms with Crippen LogP contribution in [-0.2, 0) is 13.5 Å². The standard InChI is InChI=1S/C10H13N3O/c1-13-5-3-8(6-13)9-7-14-10(12-9)2-4-11/h3,5-7H,2,4,11H2,1H3. The Morgan fingerprint density at radius 3 is 3.07 bits per heavy atom. The van der Waals surface area contributed by atoms with E-state index in [9.17, 15) is 0 Å². The zero-order valence-electron chi connectivity index (χ0n) is 8.10. The fourth-order valence-corrected chi connectivity index (χ4v) is 1.34. The lowest BCUT2D eigenvalue weighted by atomic mass is 10.3. The van der Waals surface area contributed by atoms with Crippen molar-refractivity contribution in [2.45, 2.75) is 6.42 Å². The van der Waals surface area contributed by atoms with E-state index in [1.54, 1.807) is 6.26 Å². The van der Waals surface area contributed by atoms with Gasteiger partial charge in [0, 0.05) is 38.0 Å². The van der Waals surface area contributed by atoms with Crippen LogP contribution in [0, 0.1) is 0 Å². The molecule has 2 aromatic rings. The Bertz CT molecular complexity index is 416. The first-order chi connectivity index (χ1) is 6.79. The first-order valence-corrected chi connectivity index (χ1v) is 4.56. The first-order valence-electron chi connectivity index (χ1n) is 4.56. The average Bonchev–Trinajstić information content (AvgIpc) is 2.74. The van der Waals surface area contributed by atoms with Gasteiger partial charge < -0.3 is 14.7 Å². The third-order valence-corrected chi connectivity index (χ3v) is 2.04. The number of hydrogen-bond donors (Lipinski definition) is 1. The van der Waals surface area contributed by atoms with Crippen LogP contribution in [0.1, 0.15) is 5.89 Å². The molecule has 0 radical (unpaired) electrons. The van der Waals surface area contributed by atoms with E-state index in [-0.39, 0.29) is 0 Å². The van der Waals surface area contributed by atoms with Crippen molar-refractivity contribution in [3.05, 3.63) is 30.6 Å². The van der Waals surface area contributed by atoms with Crippen molar-refractivity contribution in [3.8, 4) is 11.3 Å². The van der Waals surface area contributed by atoms with Crippen molar-refractivity contribution in [1.82, 2.24) is 9.55 Å². The molecule has 0 saturated heterocycles. The van der Waals surface area contributed by atoms with Crippen LogP contribution in [0.3, 0.4) is 0 Å². The summed E-state index contributed by atoms with van der Waals surface area (Å²) in [5.74, 6) is 0.700. The zero-order chi connectivity index (χ0) is 9.97. The van der Waals surface area contributed by atoms with E-state index in [1.165, 1.54) is 0 Å². The third kappa shape index (κ3) is 1.70. The predicted molar refractivity (Wildman–Crippen MR) is 53.7 cm³/mol. The molecule has 4 nitrogen and oxygen atoms in total.